The molecule has 350 valence electrons. The molecular formula is C74H49N. The van der Waals surface area contributed by atoms with E-state index in [1.807, 2.05) is 0 Å². The molecule has 1 nitrogen and oxygen atoms in total. The van der Waals surface area contributed by atoms with Crippen LogP contribution in [0, 0.1) is 0 Å². The third kappa shape index (κ3) is 6.38. The SMILES string of the molecule is c1ccc(-c2ccc(-c3ccc(N(c4cccc(-c5ccccc5)c4)c4cccc(-c5ccc6c(c5)-c5ccccc5C65c6ccccc6C6(c7ccccc7-c7ccccc76)c6ccccc65)c4)cc3)cc2)cc1. The number of nitrogens with zero attached hydrogens (tertiary/aromatic N) is 1. The zero-order chi connectivity index (χ0) is 49.5. The topological polar surface area (TPSA) is 3.24 Å². The summed E-state index contributed by atoms with van der Waals surface area (Å²) in [6.45, 7) is 0. The molecule has 0 fully saturated rings. The summed E-state index contributed by atoms with van der Waals surface area (Å²) in [5.41, 5.74) is 27.8. The quantitative estimate of drug-likeness (QED) is 0.154. The first-order valence-electron chi connectivity index (χ1n) is 26.2. The van der Waals surface area contributed by atoms with Gasteiger partial charge in [-0.3, -0.25) is 0 Å². The summed E-state index contributed by atoms with van der Waals surface area (Å²) < 4.78 is 0. The first-order valence-corrected chi connectivity index (χ1v) is 26.2. The van der Waals surface area contributed by atoms with E-state index in [-0.39, 0.29) is 0 Å². The summed E-state index contributed by atoms with van der Waals surface area (Å²) in [6, 6.07) is 111. The van der Waals surface area contributed by atoms with Crippen molar-refractivity contribution in [2.75, 3.05) is 4.90 Å². The van der Waals surface area contributed by atoms with E-state index >= 15 is 0 Å². The molecule has 0 aliphatic heterocycles. The van der Waals surface area contributed by atoms with E-state index < -0.39 is 10.8 Å². The first kappa shape index (κ1) is 43.1. The molecule has 15 rings (SSSR count). The van der Waals surface area contributed by atoms with Gasteiger partial charge in [-0.25, -0.2) is 0 Å². The molecule has 3 aliphatic rings. The maximum atomic E-state index is 2.47. The highest BCUT2D eigenvalue weighted by atomic mass is 15.1. The van der Waals surface area contributed by atoms with Crippen LogP contribution >= 0.6 is 0 Å². The normalized spacial score (nSPS) is 13.5. The van der Waals surface area contributed by atoms with Gasteiger partial charge in [0.15, 0.2) is 0 Å². The molecule has 0 saturated heterocycles. The zero-order valence-electron chi connectivity index (χ0n) is 41.2. The van der Waals surface area contributed by atoms with E-state index in [0.29, 0.717) is 0 Å². The number of hydrogen-bond acceptors (Lipinski definition) is 1. The molecule has 0 N–H and O–H groups in total. The molecule has 0 heterocycles. The minimum absolute atomic E-state index is 0.468. The van der Waals surface area contributed by atoms with Crippen LogP contribution in [-0.4, -0.2) is 0 Å². The Hall–Kier alpha value is -9.56. The van der Waals surface area contributed by atoms with E-state index in [1.165, 1.54) is 106 Å². The van der Waals surface area contributed by atoms with Crippen molar-refractivity contribution < 1.29 is 0 Å². The van der Waals surface area contributed by atoms with E-state index in [2.05, 4.69) is 302 Å². The van der Waals surface area contributed by atoms with E-state index in [1.54, 1.807) is 0 Å². The summed E-state index contributed by atoms with van der Waals surface area (Å²) in [4.78, 5) is 2.40. The molecule has 3 aliphatic carbocycles. The predicted octanol–water partition coefficient (Wildman–Crippen LogP) is 18.9. The van der Waals surface area contributed by atoms with Gasteiger partial charge >= 0.3 is 0 Å². The lowest BCUT2D eigenvalue weighted by Crippen LogP contribution is -2.43. The molecule has 0 bridgehead atoms. The van der Waals surface area contributed by atoms with Crippen molar-refractivity contribution in [3.05, 3.63) is 342 Å². The molecule has 0 saturated carbocycles. The Morgan fingerprint density at radius 3 is 0.920 bits per heavy atom. The van der Waals surface area contributed by atoms with E-state index in [4.69, 9.17) is 0 Å². The maximum Gasteiger partial charge on any atom is 0.0720 e. The van der Waals surface area contributed by atoms with Gasteiger partial charge in [-0.2, -0.15) is 0 Å². The van der Waals surface area contributed by atoms with Gasteiger partial charge in [0.2, 0.25) is 0 Å². The van der Waals surface area contributed by atoms with Crippen molar-refractivity contribution in [2.45, 2.75) is 10.8 Å². The molecule has 12 aromatic rings. The second-order valence-corrected chi connectivity index (χ2v) is 20.3. The van der Waals surface area contributed by atoms with E-state index in [0.717, 1.165) is 22.6 Å². The van der Waals surface area contributed by atoms with Crippen LogP contribution in [0.5, 0.6) is 0 Å². The highest BCUT2D eigenvalue weighted by Gasteiger charge is 2.58. The maximum absolute atomic E-state index is 2.47. The minimum atomic E-state index is -0.534. The monoisotopic (exact) mass is 951 g/mol. The number of benzene rings is 12. The van der Waals surface area contributed by atoms with E-state index in [9.17, 15) is 0 Å². The fraction of sp³-hybridized carbons (Fsp3) is 0.0270. The largest absolute Gasteiger partial charge is 0.310 e. The van der Waals surface area contributed by atoms with Crippen LogP contribution in [-0.2, 0) is 10.8 Å². The van der Waals surface area contributed by atoms with Crippen molar-refractivity contribution in [3.63, 3.8) is 0 Å². The number of rotatable bonds is 7. The standard InChI is InChI=1S/C74H49N/c1-3-19-50(20-4-1)52-37-39-53(40-38-52)54-41-44-58(45-42-54)75(59-25-17-23-55(47-59)51-21-5-2-6-22-51)60-26-18-24-56(48-60)57-43-46-68-64(49-57)63-29-9-12-32-67(63)74(68)71-35-15-13-33-69(71)73(70-34-14-16-36-72(70)74)65-30-10-7-27-61(65)62-28-8-11-31-66(62)73/h1-49H. The van der Waals surface area contributed by atoms with Crippen molar-refractivity contribution in [3.8, 4) is 66.8 Å². The summed E-state index contributed by atoms with van der Waals surface area (Å²) in [5.74, 6) is 0. The molecule has 0 atom stereocenters. The highest BCUT2D eigenvalue weighted by Crippen LogP contribution is 2.67. The third-order valence-electron chi connectivity index (χ3n) is 16.6. The first-order chi connectivity index (χ1) is 37.2. The smallest absolute Gasteiger partial charge is 0.0720 e. The molecule has 0 radical (unpaired) electrons. The van der Waals surface area contributed by atoms with Gasteiger partial charge in [0.1, 0.15) is 0 Å². The number of fused-ring (bicyclic) bond motifs is 16. The Morgan fingerprint density at radius 1 is 0.173 bits per heavy atom. The van der Waals surface area contributed by atoms with Crippen molar-refractivity contribution in [2.24, 2.45) is 0 Å². The molecule has 1 heteroatoms. The molecule has 2 spiro atoms. The summed E-state index contributed by atoms with van der Waals surface area (Å²) in [6.07, 6.45) is 0. The molecule has 0 aromatic heterocycles. The van der Waals surface area contributed by atoms with Crippen LogP contribution < -0.4 is 4.90 Å². The van der Waals surface area contributed by atoms with Gasteiger partial charge in [-0.05, 0) is 154 Å². The van der Waals surface area contributed by atoms with Crippen LogP contribution in [0.15, 0.2) is 297 Å². The number of hydrogen-bond donors (Lipinski definition) is 0. The second-order valence-electron chi connectivity index (χ2n) is 20.3. The Labute approximate surface area is 439 Å². The van der Waals surface area contributed by atoms with Gasteiger partial charge in [-0.1, -0.05) is 255 Å². The van der Waals surface area contributed by atoms with Crippen LogP contribution in [0.4, 0.5) is 17.1 Å². The average Bonchev–Trinajstić information content (AvgIpc) is 4.20. The number of anilines is 3. The van der Waals surface area contributed by atoms with Gasteiger partial charge in [0.25, 0.3) is 0 Å². The summed E-state index contributed by atoms with van der Waals surface area (Å²) in [7, 11) is 0. The Balaban J connectivity index is 0.868. The molecule has 75 heavy (non-hydrogen) atoms. The minimum Gasteiger partial charge on any atom is -0.310 e. The fourth-order valence-electron chi connectivity index (χ4n) is 13.4. The molecule has 0 unspecified atom stereocenters. The zero-order valence-corrected chi connectivity index (χ0v) is 41.2. The second kappa shape index (κ2) is 17.0. The highest BCUT2D eigenvalue weighted by molar-refractivity contribution is 5.95. The molecular weight excluding hydrogens is 903 g/mol. The lowest BCUT2D eigenvalue weighted by molar-refractivity contribution is 0.633. The summed E-state index contributed by atoms with van der Waals surface area (Å²) >= 11 is 0. The van der Waals surface area contributed by atoms with Crippen molar-refractivity contribution >= 4 is 17.1 Å². The van der Waals surface area contributed by atoms with Crippen molar-refractivity contribution in [1.82, 2.24) is 0 Å². The molecule has 12 aromatic carbocycles. The van der Waals surface area contributed by atoms with Gasteiger partial charge in [-0.15, -0.1) is 0 Å². The Bertz CT molecular complexity index is 4070. The predicted molar refractivity (Wildman–Crippen MR) is 311 cm³/mol. The van der Waals surface area contributed by atoms with Gasteiger partial charge < -0.3 is 4.90 Å². The van der Waals surface area contributed by atoms with Crippen LogP contribution in [0.2, 0.25) is 0 Å². The van der Waals surface area contributed by atoms with Gasteiger partial charge in [0.05, 0.1) is 10.8 Å². The third-order valence-corrected chi connectivity index (χ3v) is 16.6. The lowest BCUT2D eigenvalue weighted by atomic mass is 9.52. The van der Waals surface area contributed by atoms with Crippen molar-refractivity contribution in [1.29, 1.82) is 0 Å². The summed E-state index contributed by atoms with van der Waals surface area (Å²) in [5, 5.41) is 0. The average molecular weight is 952 g/mol. The fourth-order valence-corrected chi connectivity index (χ4v) is 13.4. The Kier molecular flexibility index (Phi) is 9.77. The lowest BCUT2D eigenvalue weighted by Gasteiger charge is -2.48. The van der Waals surface area contributed by atoms with Crippen LogP contribution in [0.1, 0.15) is 44.5 Å². The van der Waals surface area contributed by atoms with Crippen LogP contribution in [0.3, 0.4) is 0 Å². The Morgan fingerprint density at radius 2 is 0.467 bits per heavy atom. The molecule has 0 amide bonds. The van der Waals surface area contributed by atoms with Crippen LogP contribution in [0.25, 0.3) is 66.8 Å². The van der Waals surface area contributed by atoms with Gasteiger partial charge in [0, 0.05) is 17.1 Å².